The normalized spacial score (nSPS) is 17.4. The van der Waals surface area contributed by atoms with E-state index in [0.717, 1.165) is 4.90 Å². The van der Waals surface area contributed by atoms with Crippen molar-refractivity contribution in [3.8, 4) is 0 Å². The first-order chi connectivity index (χ1) is 6.77. The van der Waals surface area contributed by atoms with Crippen molar-refractivity contribution in [2.45, 2.75) is 35.8 Å². The number of anilines is 1. The molecule has 0 aliphatic heterocycles. The van der Waals surface area contributed by atoms with Gasteiger partial charge in [-0.25, -0.2) is 0 Å². The minimum atomic E-state index is -0.173. The lowest BCUT2D eigenvalue weighted by Crippen LogP contribution is -2.12. The van der Waals surface area contributed by atoms with Crippen LogP contribution in [0.15, 0.2) is 22.0 Å². The third kappa shape index (κ3) is 1.95. The van der Waals surface area contributed by atoms with Crippen molar-refractivity contribution in [1.82, 2.24) is 4.98 Å². The quantitative estimate of drug-likeness (QED) is 0.784. The number of aromatic nitrogens is 1. The van der Waals surface area contributed by atoms with Crippen LogP contribution in [0, 0.1) is 0 Å². The molecule has 2 rings (SSSR count). The van der Waals surface area contributed by atoms with Gasteiger partial charge in [-0.15, -0.1) is 11.8 Å². The van der Waals surface area contributed by atoms with Crippen molar-refractivity contribution in [2.24, 2.45) is 0 Å². The summed E-state index contributed by atoms with van der Waals surface area (Å²) in [5.41, 5.74) is 5.89. The maximum atomic E-state index is 11.2. The maximum Gasteiger partial charge on any atom is 0.272 e. The van der Waals surface area contributed by atoms with Gasteiger partial charge in [-0.3, -0.25) is 4.79 Å². The number of pyridine rings is 1. The number of H-pyrrole nitrogens is 1. The van der Waals surface area contributed by atoms with Crippen molar-refractivity contribution in [3.63, 3.8) is 0 Å². The molecule has 0 amide bonds. The van der Waals surface area contributed by atoms with Crippen LogP contribution in [-0.4, -0.2) is 10.2 Å². The van der Waals surface area contributed by atoms with Gasteiger partial charge in [-0.05, 0) is 18.9 Å². The molecule has 1 aliphatic carbocycles. The molecule has 0 aromatic carbocycles. The van der Waals surface area contributed by atoms with Crippen molar-refractivity contribution < 1.29 is 0 Å². The summed E-state index contributed by atoms with van der Waals surface area (Å²) in [4.78, 5) is 14.7. The zero-order chi connectivity index (χ0) is 9.97. The highest BCUT2D eigenvalue weighted by atomic mass is 32.2. The number of nitrogen functional groups attached to an aromatic ring is 1. The van der Waals surface area contributed by atoms with Gasteiger partial charge in [0.2, 0.25) is 0 Å². The molecule has 1 aliphatic rings. The lowest BCUT2D eigenvalue weighted by Gasteiger charge is -2.09. The molecule has 76 valence electrons. The van der Waals surface area contributed by atoms with Crippen LogP contribution < -0.4 is 11.3 Å². The SMILES string of the molecule is Nc1c(SC2CCCC2)cc[nH]c1=O. The van der Waals surface area contributed by atoms with Gasteiger partial charge >= 0.3 is 0 Å². The smallest absolute Gasteiger partial charge is 0.272 e. The number of aromatic amines is 1. The second-order valence-electron chi connectivity index (χ2n) is 3.61. The second-order valence-corrected chi connectivity index (χ2v) is 4.95. The molecule has 3 N–H and O–H groups in total. The molecular weight excluding hydrogens is 196 g/mol. The Balaban J connectivity index is 2.15. The first kappa shape index (κ1) is 9.65. The molecule has 0 radical (unpaired) electrons. The fourth-order valence-corrected chi connectivity index (χ4v) is 3.06. The molecule has 1 aromatic heterocycles. The van der Waals surface area contributed by atoms with Crippen LogP contribution in [0.3, 0.4) is 0 Å². The third-order valence-electron chi connectivity index (χ3n) is 2.56. The summed E-state index contributed by atoms with van der Waals surface area (Å²) in [6, 6.07) is 1.89. The molecule has 1 saturated carbocycles. The van der Waals surface area contributed by atoms with Gasteiger partial charge in [0.1, 0.15) is 5.69 Å². The fraction of sp³-hybridized carbons (Fsp3) is 0.500. The summed E-state index contributed by atoms with van der Waals surface area (Å²) in [6.07, 6.45) is 6.77. The molecular formula is C10H14N2OS. The first-order valence-electron chi connectivity index (χ1n) is 4.91. The third-order valence-corrected chi connectivity index (χ3v) is 3.97. The first-order valence-corrected chi connectivity index (χ1v) is 5.79. The molecule has 4 heteroatoms. The molecule has 0 unspecified atom stereocenters. The standard InChI is InChI=1S/C10H14N2OS/c11-9-8(5-6-12-10(9)13)14-7-3-1-2-4-7/h5-7H,1-4,11H2,(H,12,13). The minimum Gasteiger partial charge on any atom is -0.393 e. The fourth-order valence-electron chi connectivity index (χ4n) is 1.76. The van der Waals surface area contributed by atoms with Crippen LogP contribution in [0.4, 0.5) is 5.69 Å². The van der Waals surface area contributed by atoms with E-state index in [2.05, 4.69) is 4.98 Å². The lowest BCUT2D eigenvalue weighted by atomic mass is 10.4. The van der Waals surface area contributed by atoms with Crippen LogP contribution in [0.5, 0.6) is 0 Å². The van der Waals surface area contributed by atoms with Crippen molar-refractivity contribution in [3.05, 3.63) is 22.6 Å². The Kier molecular flexibility index (Phi) is 2.82. The molecule has 1 fully saturated rings. The predicted octanol–water partition coefficient (Wildman–Crippen LogP) is 1.99. The van der Waals surface area contributed by atoms with Gasteiger partial charge in [-0.2, -0.15) is 0 Å². The highest BCUT2D eigenvalue weighted by Gasteiger charge is 2.17. The summed E-state index contributed by atoms with van der Waals surface area (Å²) >= 11 is 1.75. The number of nitrogens with two attached hydrogens (primary N) is 1. The molecule has 0 saturated heterocycles. The number of hydrogen-bond acceptors (Lipinski definition) is 3. The van der Waals surface area contributed by atoms with Gasteiger partial charge in [0.15, 0.2) is 0 Å². The van der Waals surface area contributed by atoms with Crippen molar-refractivity contribution >= 4 is 17.4 Å². The Morgan fingerprint density at radius 3 is 2.86 bits per heavy atom. The summed E-state index contributed by atoms with van der Waals surface area (Å²) in [7, 11) is 0. The topological polar surface area (TPSA) is 58.9 Å². The second kappa shape index (κ2) is 4.09. The summed E-state index contributed by atoms with van der Waals surface area (Å²) < 4.78 is 0. The molecule has 1 aromatic rings. The number of rotatable bonds is 2. The van der Waals surface area contributed by atoms with Crippen molar-refractivity contribution in [1.29, 1.82) is 0 Å². The summed E-state index contributed by atoms with van der Waals surface area (Å²) in [5, 5.41) is 0.652. The van der Waals surface area contributed by atoms with E-state index in [1.54, 1.807) is 18.0 Å². The van der Waals surface area contributed by atoms with E-state index in [-0.39, 0.29) is 5.56 Å². The molecule has 3 nitrogen and oxygen atoms in total. The van der Waals surface area contributed by atoms with E-state index in [9.17, 15) is 4.79 Å². The highest BCUT2D eigenvalue weighted by molar-refractivity contribution is 8.00. The Hall–Kier alpha value is -0.900. The van der Waals surface area contributed by atoms with E-state index in [1.807, 2.05) is 6.07 Å². The van der Waals surface area contributed by atoms with E-state index in [1.165, 1.54) is 25.7 Å². The van der Waals surface area contributed by atoms with E-state index in [0.29, 0.717) is 10.9 Å². The summed E-state index contributed by atoms with van der Waals surface area (Å²) in [6.45, 7) is 0. The highest BCUT2D eigenvalue weighted by Crippen LogP contribution is 2.35. The predicted molar refractivity (Wildman–Crippen MR) is 59.6 cm³/mol. The van der Waals surface area contributed by atoms with Gasteiger partial charge in [-0.1, -0.05) is 12.8 Å². The van der Waals surface area contributed by atoms with Crippen molar-refractivity contribution in [2.75, 3.05) is 5.73 Å². The average Bonchev–Trinajstić information content (AvgIpc) is 2.66. The van der Waals surface area contributed by atoms with Gasteiger partial charge < -0.3 is 10.7 Å². The number of nitrogens with one attached hydrogen (secondary N) is 1. The number of hydrogen-bond donors (Lipinski definition) is 2. The van der Waals surface area contributed by atoms with Crippen LogP contribution in [0.25, 0.3) is 0 Å². The summed E-state index contributed by atoms with van der Waals surface area (Å²) in [5.74, 6) is 0. The zero-order valence-corrected chi connectivity index (χ0v) is 8.77. The zero-order valence-electron chi connectivity index (χ0n) is 7.95. The van der Waals surface area contributed by atoms with Gasteiger partial charge in [0.25, 0.3) is 5.56 Å². The van der Waals surface area contributed by atoms with Crippen LogP contribution in [0.1, 0.15) is 25.7 Å². The van der Waals surface area contributed by atoms with E-state index < -0.39 is 0 Å². The maximum absolute atomic E-state index is 11.2. The van der Waals surface area contributed by atoms with Gasteiger partial charge in [0, 0.05) is 16.3 Å². The largest absolute Gasteiger partial charge is 0.393 e. The van der Waals surface area contributed by atoms with E-state index >= 15 is 0 Å². The Morgan fingerprint density at radius 1 is 1.43 bits per heavy atom. The molecule has 0 spiro atoms. The molecule has 0 atom stereocenters. The van der Waals surface area contributed by atoms with Gasteiger partial charge in [0.05, 0.1) is 0 Å². The van der Waals surface area contributed by atoms with Crippen LogP contribution >= 0.6 is 11.8 Å². The molecule has 1 heterocycles. The Morgan fingerprint density at radius 2 is 2.14 bits per heavy atom. The monoisotopic (exact) mass is 210 g/mol. The number of thioether (sulfide) groups is 1. The minimum absolute atomic E-state index is 0.173. The van der Waals surface area contributed by atoms with Crippen LogP contribution in [0.2, 0.25) is 0 Å². The van der Waals surface area contributed by atoms with Crippen LogP contribution in [-0.2, 0) is 0 Å². The Bertz CT molecular complexity index is 369. The molecule has 0 bridgehead atoms. The lowest BCUT2D eigenvalue weighted by molar-refractivity contribution is 0.886. The Labute approximate surface area is 87.1 Å². The van der Waals surface area contributed by atoms with E-state index in [4.69, 9.17) is 5.73 Å². The average molecular weight is 210 g/mol. The molecule has 14 heavy (non-hydrogen) atoms.